The maximum atomic E-state index is 13.0. The van der Waals surface area contributed by atoms with E-state index in [4.69, 9.17) is 9.72 Å². The van der Waals surface area contributed by atoms with E-state index < -0.39 is 0 Å². The number of ether oxygens (including phenoxy) is 1. The van der Waals surface area contributed by atoms with Crippen molar-refractivity contribution in [3.8, 4) is 0 Å². The van der Waals surface area contributed by atoms with Crippen LogP contribution in [0.25, 0.3) is 10.2 Å². The highest BCUT2D eigenvalue weighted by Gasteiger charge is 2.22. The van der Waals surface area contributed by atoms with Crippen LogP contribution in [-0.4, -0.2) is 39.4 Å². The predicted molar refractivity (Wildman–Crippen MR) is 127 cm³/mol. The van der Waals surface area contributed by atoms with Crippen LogP contribution in [0.3, 0.4) is 0 Å². The Labute approximate surface area is 190 Å². The minimum absolute atomic E-state index is 0.00988. The van der Waals surface area contributed by atoms with E-state index in [1.54, 1.807) is 30.1 Å². The van der Waals surface area contributed by atoms with Crippen LogP contribution in [-0.2, 0) is 31.2 Å². The monoisotopic (exact) mass is 459 g/mol. The van der Waals surface area contributed by atoms with E-state index in [1.807, 2.05) is 19.9 Å². The van der Waals surface area contributed by atoms with Gasteiger partial charge in [0.15, 0.2) is 10.9 Å². The lowest BCUT2D eigenvalue weighted by molar-refractivity contribution is 0.102. The van der Waals surface area contributed by atoms with E-state index in [0.29, 0.717) is 11.8 Å². The van der Waals surface area contributed by atoms with E-state index >= 15 is 0 Å². The maximum absolute atomic E-state index is 13.0. The van der Waals surface area contributed by atoms with E-state index in [1.165, 1.54) is 28.6 Å². The molecular formula is C23H29N3O3S2. The molecule has 0 fully saturated rings. The van der Waals surface area contributed by atoms with Crippen molar-refractivity contribution >= 4 is 39.1 Å². The van der Waals surface area contributed by atoms with Gasteiger partial charge < -0.3 is 9.30 Å². The number of methoxy groups -OCH3 is 1. The fourth-order valence-electron chi connectivity index (χ4n) is 4.40. The molecule has 8 heteroatoms. The SMILES string of the molecule is COCCCn1c(C)cc(C(=O)CSc2nc3sc4c(c3c(=O)n2C)CCCC4)c1C. The average molecular weight is 460 g/mol. The fourth-order valence-corrected chi connectivity index (χ4v) is 6.56. The Bertz CT molecular complexity index is 1190. The molecule has 0 aliphatic heterocycles. The molecule has 0 bridgehead atoms. The standard InChI is InChI=1S/C23H29N3O3S2/c1-14-12-17(15(2)26(14)10-7-11-29-4)18(27)13-30-23-24-21-20(22(28)25(23)3)16-8-5-6-9-19(16)31-21/h12H,5-11,13H2,1-4H3. The zero-order valence-electron chi connectivity index (χ0n) is 18.6. The summed E-state index contributed by atoms with van der Waals surface area (Å²) in [6.45, 7) is 5.56. The lowest BCUT2D eigenvalue weighted by Gasteiger charge is -2.11. The number of hydrogen-bond acceptors (Lipinski definition) is 6. The Morgan fingerprint density at radius 2 is 2.06 bits per heavy atom. The van der Waals surface area contributed by atoms with Crippen LogP contribution >= 0.6 is 23.1 Å². The van der Waals surface area contributed by atoms with Crippen LogP contribution in [0.15, 0.2) is 16.0 Å². The molecule has 4 rings (SSSR count). The van der Waals surface area contributed by atoms with Gasteiger partial charge in [0.2, 0.25) is 0 Å². The quantitative estimate of drug-likeness (QED) is 0.217. The highest BCUT2D eigenvalue weighted by molar-refractivity contribution is 7.99. The third-order valence-corrected chi connectivity index (χ3v) is 8.31. The van der Waals surface area contributed by atoms with Crippen molar-refractivity contribution < 1.29 is 9.53 Å². The highest BCUT2D eigenvalue weighted by atomic mass is 32.2. The topological polar surface area (TPSA) is 66.1 Å². The summed E-state index contributed by atoms with van der Waals surface area (Å²) >= 11 is 3.00. The number of hydrogen-bond donors (Lipinski definition) is 0. The summed E-state index contributed by atoms with van der Waals surface area (Å²) in [6.07, 6.45) is 5.24. The Morgan fingerprint density at radius 3 is 2.84 bits per heavy atom. The Balaban J connectivity index is 1.54. The lowest BCUT2D eigenvalue weighted by Crippen LogP contribution is -2.21. The van der Waals surface area contributed by atoms with Gasteiger partial charge in [-0.3, -0.25) is 14.2 Å². The van der Waals surface area contributed by atoms with E-state index in [9.17, 15) is 9.59 Å². The highest BCUT2D eigenvalue weighted by Crippen LogP contribution is 2.34. The molecule has 0 N–H and O–H groups in total. The number of carbonyl (C=O) groups is 1. The molecule has 1 aliphatic carbocycles. The van der Waals surface area contributed by atoms with Gasteiger partial charge in [-0.2, -0.15) is 0 Å². The first kappa shape index (κ1) is 22.3. The van der Waals surface area contributed by atoms with Crippen LogP contribution < -0.4 is 5.56 Å². The lowest BCUT2D eigenvalue weighted by atomic mass is 9.97. The number of thioether (sulfide) groups is 1. The van der Waals surface area contributed by atoms with Crippen molar-refractivity contribution in [3.05, 3.63) is 43.8 Å². The normalized spacial score (nSPS) is 13.7. The van der Waals surface area contributed by atoms with Crippen molar-refractivity contribution in [2.45, 2.75) is 57.7 Å². The number of thiophene rings is 1. The number of aromatic nitrogens is 3. The number of rotatable bonds is 8. The minimum Gasteiger partial charge on any atom is -0.385 e. The van der Waals surface area contributed by atoms with Gasteiger partial charge in [-0.05, 0) is 57.6 Å². The summed E-state index contributed by atoms with van der Waals surface area (Å²) in [5, 5.41) is 1.40. The molecule has 0 saturated heterocycles. The van der Waals surface area contributed by atoms with Crippen LogP contribution in [0.2, 0.25) is 0 Å². The second-order valence-corrected chi connectivity index (χ2v) is 10.2. The van der Waals surface area contributed by atoms with Gasteiger partial charge in [-0.25, -0.2) is 4.98 Å². The summed E-state index contributed by atoms with van der Waals surface area (Å²) in [6, 6.07) is 1.97. The van der Waals surface area contributed by atoms with Gasteiger partial charge in [0, 0.05) is 49.1 Å². The molecule has 6 nitrogen and oxygen atoms in total. The molecular weight excluding hydrogens is 430 g/mol. The number of nitrogens with zero attached hydrogens (tertiary/aromatic N) is 3. The fraction of sp³-hybridized carbons (Fsp3) is 0.522. The van der Waals surface area contributed by atoms with Gasteiger partial charge >= 0.3 is 0 Å². The molecule has 0 atom stereocenters. The minimum atomic E-state index is 0.00988. The third kappa shape index (κ3) is 4.25. The van der Waals surface area contributed by atoms with Crippen molar-refractivity contribution in [3.63, 3.8) is 0 Å². The number of fused-ring (bicyclic) bond motifs is 3. The predicted octanol–water partition coefficient (Wildman–Crippen LogP) is 4.30. The Kier molecular flexibility index (Phi) is 6.69. The second kappa shape index (κ2) is 9.30. The molecule has 3 aromatic heterocycles. The largest absolute Gasteiger partial charge is 0.385 e. The molecule has 0 spiro atoms. The van der Waals surface area contributed by atoms with Crippen LogP contribution in [0.4, 0.5) is 0 Å². The summed E-state index contributed by atoms with van der Waals surface area (Å²) in [5.41, 5.74) is 4.03. The van der Waals surface area contributed by atoms with Crippen LogP contribution in [0, 0.1) is 13.8 Å². The molecule has 0 aromatic carbocycles. The summed E-state index contributed by atoms with van der Waals surface area (Å²) < 4.78 is 8.93. The molecule has 166 valence electrons. The number of ketones is 1. The second-order valence-electron chi connectivity index (χ2n) is 8.14. The first-order valence-electron chi connectivity index (χ1n) is 10.7. The zero-order valence-corrected chi connectivity index (χ0v) is 20.3. The average Bonchev–Trinajstić information content (AvgIpc) is 3.27. The van der Waals surface area contributed by atoms with E-state index in [2.05, 4.69) is 4.57 Å². The van der Waals surface area contributed by atoms with Gasteiger partial charge in [0.05, 0.1) is 11.1 Å². The van der Waals surface area contributed by atoms with Crippen molar-refractivity contribution in [2.75, 3.05) is 19.5 Å². The molecule has 3 heterocycles. The third-order valence-electron chi connectivity index (χ3n) is 6.09. The number of Topliss-reactive ketones (excluding diaryl/α,β-unsaturated/α-hetero) is 1. The van der Waals surface area contributed by atoms with Gasteiger partial charge in [0.1, 0.15) is 4.83 Å². The molecule has 0 radical (unpaired) electrons. The summed E-state index contributed by atoms with van der Waals surface area (Å²) in [5.74, 6) is 0.329. The summed E-state index contributed by atoms with van der Waals surface area (Å²) in [4.78, 5) is 32.9. The van der Waals surface area contributed by atoms with Gasteiger partial charge in [0.25, 0.3) is 5.56 Å². The zero-order chi connectivity index (χ0) is 22.1. The van der Waals surface area contributed by atoms with Gasteiger partial charge in [-0.1, -0.05) is 11.8 Å². The molecule has 0 saturated carbocycles. The maximum Gasteiger partial charge on any atom is 0.262 e. The molecule has 0 unspecified atom stereocenters. The number of aryl methyl sites for hydroxylation is 3. The van der Waals surface area contributed by atoms with E-state index in [-0.39, 0.29) is 17.1 Å². The molecule has 3 aromatic rings. The van der Waals surface area contributed by atoms with Crippen molar-refractivity contribution in [2.24, 2.45) is 7.05 Å². The van der Waals surface area contributed by atoms with Crippen LogP contribution in [0.1, 0.15) is 51.4 Å². The van der Waals surface area contributed by atoms with Crippen LogP contribution in [0.5, 0.6) is 0 Å². The number of carbonyl (C=O) groups excluding carboxylic acids is 1. The van der Waals surface area contributed by atoms with Crippen molar-refractivity contribution in [1.82, 2.24) is 14.1 Å². The molecule has 1 aliphatic rings. The molecule has 31 heavy (non-hydrogen) atoms. The first-order chi connectivity index (χ1) is 14.9. The van der Waals surface area contributed by atoms with E-state index in [0.717, 1.165) is 59.4 Å². The van der Waals surface area contributed by atoms with Gasteiger partial charge in [-0.15, -0.1) is 11.3 Å². The summed E-state index contributed by atoms with van der Waals surface area (Å²) in [7, 11) is 3.46. The van der Waals surface area contributed by atoms with Crippen molar-refractivity contribution in [1.29, 1.82) is 0 Å². The smallest absolute Gasteiger partial charge is 0.262 e. The Morgan fingerprint density at radius 1 is 1.29 bits per heavy atom. The first-order valence-corrected chi connectivity index (χ1v) is 12.6. The molecule has 0 amide bonds. The Hall–Kier alpha value is -1.90.